The summed E-state index contributed by atoms with van der Waals surface area (Å²) in [6, 6.07) is 11.5. The predicted octanol–water partition coefficient (Wildman–Crippen LogP) is 3.19. The third kappa shape index (κ3) is 3.72. The van der Waals surface area contributed by atoms with Gasteiger partial charge in [0.25, 0.3) is 0 Å². The second kappa shape index (κ2) is 8.04. The first-order chi connectivity index (χ1) is 12.6. The second-order valence-electron chi connectivity index (χ2n) is 6.00. The number of hydrogen-bond donors (Lipinski definition) is 0. The quantitative estimate of drug-likeness (QED) is 0.486. The van der Waals surface area contributed by atoms with E-state index in [0.29, 0.717) is 19.0 Å². The Morgan fingerprint density at radius 2 is 2.04 bits per heavy atom. The SMILES string of the molecule is C=Bc1cc(COc2ccccc2CC(=O)OCC)c(C)c2ccoc12. The number of fused-ring (bicyclic) bond motifs is 1. The third-order valence-electron chi connectivity index (χ3n) is 4.36. The number of furan rings is 1. The van der Waals surface area contributed by atoms with Gasteiger partial charge in [-0.2, -0.15) is 0 Å². The van der Waals surface area contributed by atoms with E-state index in [2.05, 4.69) is 6.47 Å². The summed E-state index contributed by atoms with van der Waals surface area (Å²) in [7, 11) is 0. The van der Waals surface area contributed by atoms with Crippen LogP contribution in [-0.4, -0.2) is 26.0 Å². The monoisotopic (exact) mass is 348 g/mol. The van der Waals surface area contributed by atoms with Gasteiger partial charge in [0, 0.05) is 0 Å². The van der Waals surface area contributed by atoms with Gasteiger partial charge in [-0.25, -0.2) is 0 Å². The van der Waals surface area contributed by atoms with Crippen LogP contribution in [0.1, 0.15) is 23.6 Å². The summed E-state index contributed by atoms with van der Waals surface area (Å²) in [6.07, 6.45) is 1.88. The zero-order valence-corrected chi connectivity index (χ0v) is 15.1. The number of para-hydroxylation sites is 1. The Morgan fingerprint density at radius 1 is 1.23 bits per heavy atom. The van der Waals surface area contributed by atoms with Crippen LogP contribution in [0.5, 0.6) is 5.75 Å². The molecule has 1 aromatic heterocycles. The van der Waals surface area contributed by atoms with E-state index in [1.807, 2.05) is 43.3 Å². The van der Waals surface area contributed by atoms with Crippen molar-refractivity contribution in [3.05, 3.63) is 59.4 Å². The van der Waals surface area contributed by atoms with E-state index >= 15 is 0 Å². The molecule has 0 aliphatic heterocycles. The van der Waals surface area contributed by atoms with Crippen molar-refractivity contribution in [1.29, 1.82) is 0 Å². The van der Waals surface area contributed by atoms with Crippen LogP contribution in [0.2, 0.25) is 0 Å². The number of carbonyl (C=O) groups excluding carboxylic acids is 1. The van der Waals surface area contributed by atoms with E-state index in [1.165, 1.54) is 0 Å². The van der Waals surface area contributed by atoms with Crippen molar-refractivity contribution >= 4 is 35.8 Å². The number of ether oxygens (including phenoxy) is 2. The average molecular weight is 348 g/mol. The minimum atomic E-state index is -0.256. The number of benzene rings is 2. The zero-order chi connectivity index (χ0) is 18.5. The van der Waals surface area contributed by atoms with Gasteiger partial charge in [0.15, 0.2) is 0 Å². The fourth-order valence-corrected chi connectivity index (χ4v) is 2.98. The van der Waals surface area contributed by atoms with Crippen molar-refractivity contribution in [2.24, 2.45) is 0 Å². The van der Waals surface area contributed by atoms with Crippen molar-refractivity contribution < 1.29 is 18.7 Å². The van der Waals surface area contributed by atoms with Crippen LogP contribution >= 0.6 is 0 Å². The molecule has 5 heteroatoms. The summed E-state index contributed by atoms with van der Waals surface area (Å²) in [4.78, 5) is 11.8. The molecule has 0 unspecified atom stereocenters. The molecule has 0 bridgehead atoms. The van der Waals surface area contributed by atoms with Gasteiger partial charge >= 0.3 is 153 Å². The molecule has 0 radical (unpaired) electrons. The summed E-state index contributed by atoms with van der Waals surface area (Å²) in [5, 5.41) is 1.06. The van der Waals surface area contributed by atoms with E-state index in [-0.39, 0.29) is 12.4 Å². The van der Waals surface area contributed by atoms with Crippen LogP contribution in [0.3, 0.4) is 0 Å². The Bertz CT molecular complexity index is 942. The molecule has 26 heavy (non-hydrogen) atoms. The number of hydrogen-bond acceptors (Lipinski definition) is 4. The van der Waals surface area contributed by atoms with E-state index < -0.39 is 0 Å². The maximum absolute atomic E-state index is 11.8. The number of aryl methyl sites for hydroxylation is 1. The fraction of sp³-hybridized carbons (Fsp3) is 0.238. The van der Waals surface area contributed by atoms with E-state index in [0.717, 1.165) is 33.1 Å². The standard InChI is InChI=1S/C21H21BO4/c1-4-24-20(23)12-15-7-5-6-8-19(15)26-13-16-11-18(22-3)21-17(14(16)2)9-10-25-21/h5-11H,3-4,12-13H2,1-2H3. The molecule has 0 saturated heterocycles. The van der Waals surface area contributed by atoms with Gasteiger partial charge in [-0.3, -0.25) is 0 Å². The van der Waals surface area contributed by atoms with Crippen molar-refractivity contribution in [3.8, 4) is 5.75 Å². The Morgan fingerprint density at radius 3 is 2.81 bits per heavy atom. The average Bonchev–Trinajstić information content (AvgIpc) is 3.13. The number of carbonyl (C=O) groups is 1. The van der Waals surface area contributed by atoms with E-state index in [1.54, 1.807) is 20.1 Å². The van der Waals surface area contributed by atoms with Crippen molar-refractivity contribution in [2.45, 2.75) is 26.9 Å². The molecule has 132 valence electrons. The molecule has 0 fully saturated rings. The molecule has 0 N–H and O–H groups in total. The van der Waals surface area contributed by atoms with Crippen molar-refractivity contribution in [2.75, 3.05) is 6.61 Å². The Hall–Kier alpha value is -2.82. The molecule has 3 aromatic rings. The first-order valence-corrected chi connectivity index (χ1v) is 8.62. The summed E-state index contributed by atoms with van der Waals surface area (Å²) in [5.74, 6) is 0.431. The molecule has 0 aliphatic carbocycles. The molecular formula is C21H21BO4. The third-order valence-corrected chi connectivity index (χ3v) is 4.36. The fourth-order valence-electron chi connectivity index (χ4n) is 2.98. The Labute approximate surface area is 153 Å². The first kappa shape index (κ1) is 18.0. The molecule has 0 saturated carbocycles. The normalized spacial score (nSPS) is 10.5. The van der Waals surface area contributed by atoms with Crippen LogP contribution in [0.15, 0.2) is 47.1 Å². The van der Waals surface area contributed by atoms with Crippen LogP contribution in [0.25, 0.3) is 11.0 Å². The number of rotatable bonds is 7. The van der Waals surface area contributed by atoms with Crippen LogP contribution in [0, 0.1) is 6.92 Å². The predicted molar refractivity (Wildman–Crippen MR) is 105 cm³/mol. The van der Waals surface area contributed by atoms with Gasteiger partial charge in [0.2, 0.25) is 0 Å². The topological polar surface area (TPSA) is 48.7 Å². The van der Waals surface area contributed by atoms with Crippen LogP contribution in [-0.2, 0) is 22.6 Å². The van der Waals surface area contributed by atoms with Gasteiger partial charge in [-0.1, -0.05) is 0 Å². The summed E-state index contributed by atoms with van der Waals surface area (Å²) in [5.41, 5.74) is 4.76. The van der Waals surface area contributed by atoms with E-state index in [4.69, 9.17) is 13.9 Å². The first-order valence-electron chi connectivity index (χ1n) is 8.62. The molecule has 0 atom stereocenters. The van der Waals surface area contributed by atoms with Gasteiger partial charge in [-0.05, 0) is 0 Å². The van der Waals surface area contributed by atoms with Crippen LogP contribution < -0.4 is 10.2 Å². The summed E-state index contributed by atoms with van der Waals surface area (Å²) < 4.78 is 16.6. The molecule has 1 heterocycles. The summed E-state index contributed by atoms with van der Waals surface area (Å²) >= 11 is 0. The van der Waals surface area contributed by atoms with Gasteiger partial charge < -0.3 is 0 Å². The Kier molecular flexibility index (Phi) is 5.57. The van der Waals surface area contributed by atoms with Crippen LogP contribution in [0.4, 0.5) is 0 Å². The minimum absolute atomic E-state index is 0.196. The number of esters is 1. The molecule has 0 aliphatic rings. The van der Waals surface area contributed by atoms with Gasteiger partial charge in [0.05, 0.1) is 0 Å². The summed E-state index contributed by atoms with van der Waals surface area (Å²) in [6.45, 7) is 10.3. The molecule has 0 spiro atoms. The van der Waals surface area contributed by atoms with Gasteiger partial charge in [-0.15, -0.1) is 0 Å². The molecular weight excluding hydrogens is 327 g/mol. The van der Waals surface area contributed by atoms with E-state index in [9.17, 15) is 4.79 Å². The van der Waals surface area contributed by atoms with Crippen molar-refractivity contribution in [1.82, 2.24) is 0 Å². The molecule has 3 rings (SSSR count). The second-order valence-corrected chi connectivity index (χ2v) is 6.00. The van der Waals surface area contributed by atoms with Gasteiger partial charge in [0.1, 0.15) is 0 Å². The molecule has 4 nitrogen and oxygen atoms in total. The zero-order valence-electron chi connectivity index (χ0n) is 15.1. The molecule has 0 amide bonds. The van der Waals surface area contributed by atoms with Crippen molar-refractivity contribution in [3.63, 3.8) is 0 Å². The Balaban J connectivity index is 1.84. The molecule has 2 aromatic carbocycles. The maximum atomic E-state index is 11.8.